The number of hydrogen-bond acceptors (Lipinski definition) is 2. The Labute approximate surface area is 109 Å². The number of hydrogen-bond donors (Lipinski definition) is 1. The van der Waals surface area contributed by atoms with E-state index in [9.17, 15) is 9.18 Å². The predicted molar refractivity (Wildman–Crippen MR) is 71.5 cm³/mol. The maximum absolute atomic E-state index is 12.7. The van der Waals surface area contributed by atoms with E-state index in [-0.39, 0.29) is 11.7 Å². The first-order valence-corrected chi connectivity index (χ1v) is 6.61. The SMILES string of the molecule is Cc1ccsc1C(=O)NCCc1ccc(F)cc1. The van der Waals surface area contributed by atoms with E-state index < -0.39 is 0 Å². The van der Waals surface area contributed by atoms with Crippen LogP contribution in [0.25, 0.3) is 0 Å². The number of thiophene rings is 1. The van der Waals surface area contributed by atoms with Crippen LogP contribution in [0, 0.1) is 12.7 Å². The maximum atomic E-state index is 12.7. The summed E-state index contributed by atoms with van der Waals surface area (Å²) < 4.78 is 12.7. The first-order chi connectivity index (χ1) is 8.66. The van der Waals surface area contributed by atoms with Crippen molar-refractivity contribution in [3.8, 4) is 0 Å². The number of carbonyl (C=O) groups excluding carboxylic acids is 1. The molecule has 0 aliphatic heterocycles. The van der Waals surface area contributed by atoms with Gasteiger partial charge in [0.25, 0.3) is 5.91 Å². The van der Waals surface area contributed by atoms with Crippen LogP contribution in [0.3, 0.4) is 0 Å². The first kappa shape index (κ1) is 12.8. The average molecular weight is 263 g/mol. The zero-order chi connectivity index (χ0) is 13.0. The lowest BCUT2D eigenvalue weighted by molar-refractivity contribution is 0.0957. The molecule has 0 radical (unpaired) electrons. The lowest BCUT2D eigenvalue weighted by Crippen LogP contribution is -2.25. The van der Waals surface area contributed by atoms with Crippen LogP contribution in [0.1, 0.15) is 20.8 Å². The maximum Gasteiger partial charge on any atom is 0.261 e. The molecule has 0 unspecified atom stereocenters. The predicted octanol–water partition coefficient (Wildman–Crippen LogP) is 3.17. The quantitative estimate of drug-likeness (QED) is 0.902. The molecule has 2 nitrogen and oxygen atoms in total. The molecule has 1 N–H and O–H groups in total. The molecule has 4 heteroatoms. The van der Waals surface area contributed by atoms with Gasteiger partial charge in [-0.1, -0.05) is 12.1 Å². The Morgan fingerprint density at radius 3 is 2.61 bits per heavy atom. The van der Waals surface area contributed by atoms with E-state index >= 15 is 0 Å². The fourth-order valence-electron chi connectivity index (χ4n) is 1.66. The normalized spacial score (nSPS) is 10.3. The van der Waals surface area contributed by atoms with E-state index in [1.165, 1.54) is 23.5 Å². The molecule has 0 atom stereocenters. The van der Waals surface area contributed by atoms with Gasteiger partial charge in [0.05, 0.1) is 4.88 Å². The zero-order valence-electron chi connectivity index (χ0n) is 10.1. The first-order valence-electron chi connectivity index (χ1n) is 5.73. The Morgan fingerprint density at radius 2 is 2.00 bits per heavy atom. The van der Waals surface area contributed by atoms with E-state index in [0.717, 1.165) is 16.0 Å². The molecule has 18 heavy (non-hydrogen) atoms. The smallest absolute Gasteiger partial charge is 0.261 e. The molecule has 0 spiro atoms. The highest BCUT2D eigenvalue weighted by Gasteiger charge is 2.09. The fraction of sp³-hybridized carbons (Fsp3) is 0.214. The van der Waals surface area contributed by atoms with Crippen molar-refractivity contribution < 1.29 is 9.18 Å². The third kappa shape index (κ3) is 3.17. The van der Waals surface area contributed by atoms with Gasteiger partial charge < -0.3 is 5.32 Å². The summed E-state index contributed by atoms with van der Waals surface area (Å²) in [4.78, 5) is 12.6. The van der Waals surface area contributed by atoms with Gasteiger partial charge in [-0.05, 0) is 48.1 Å². The lowest BCUT2D eigenvalue weighted by Gasteiger charge is -2.04. The molecule has 1 amide bonds. The van der Waals surface area contributed by atoms with E-state index in [1.54, 1.807) is 12.1 Å². The summed E-state index contributed by atoms with van der Waals surface area (Å²) in [5.74, 6) is -0.276. The summed E-state index contributed by atoms with van der Waals surface area (Å²) in [6.45, 7) is 2.48. The van der Waals surface area contributed by atoms with Crippen LogP contribution in [-0.2, 0) is 6.42 Å². The molecule has 0 aliphatic rings. The van der Waals surface area contributed by atoms with Crippen LogP contribution in [0.2, 0.25) is 0 Å². The van der Waals surface area contributed by atoms with Crippen molar-refractivity contribution in [3.63, 3.8) is 0 Å². The minimum Gasteiger partial charge on any atom is -0.351 e. The Balaban J connectivity index is 1.84. The highest BCUT2D eigenvalue weighted by Crippen LogP contribution is 2.14. The van der Waals surface area contributed by atoms with Gasteiger partial charge in [-0.2, -0.15) is 0 Å². The summed E-state index contributed by atoms with van der Waals surface area (Å²) in [5.41, 5.74) is 2.01. The molecule has 2 aromatic rings. The second kappa shape index (κ2) is 5.78. The van der Waals surface area contributed by atoms with Gasteiger partial charge in [0.1, 0.15) is 5.82 Å². The third-order valence-corrected chi connectivity index (χ3v) is 3.70. The van der Waals surface area contributed by atoms with Gasteiger partial charge in [0, 0.05) is 6.54 Å². The van der Waals surface area contributed by atoms with E-state index in [4.69, 9.17) is 0 Å². The largest absolute Gasteiger partial charge is 0.351 e. The van der Waals surface area contributed by atoms with Gasteiger partial charge in [-0.25, -0.2) is 4.39 Å². The number of halogens is 1. The van der Waals surface area contributed by atoms with Crippen molar-refractivity contribution in [2.24, 2.45) is 0 Å². The van der Waals surface area contributed by atoms with Crippen molar-refractivity contribution >= 4 is 17.2 Å². The van der Waals surface area contributed by atoms with Gasteiger partial charge in [-0.15, -0.1) is 11.3 Å². The van der Waals surface area contributed by atoms with Crippen LogP contribution in [-0.4, -0.2) is 12.5 Å². The number of benzene rings is 1. The van der Waals surface area contributed by atoms with Crippen molar-refractivity contribution in [2.45, 2.75) is 13.3 Å². The molecule has 94 valence electrons. The average Bonchev–Trinajstić information content (AvgIpc) is 2.78. The molecule has 1 aromatic carbocycles. The summed E-state index contributed by atoms with van der Waals surface area (Å²) in [7, 11) is 0. The second-order valence-corrected chi connectivity index (χ2v) is 4.98. The standard InChI is InChI=1S/C14H14FNOS/c1-10-7-9-18-13(10)14(17)16-8-6-11-2-4-12(15)5-3-11/h2-5,7,9H,6,8H2,1H3,(H,16,17). The second-order valence-electron chi connectivity index (χ2n) is 4.07. The van der Waals surface area contributed by atoms with E-state index in [0.29, 0.717) is 13.0 Å². The number of carbonyl (C=O) groups is 1. The topological polar surface area (TPSA) is 29.1 Å². The molecule has 0 aliphatic carbocycles. The summed E-state index contributed by atoms with van der Waals surface area (Å²) in [6.07, 6.45) is 0.705. The van der Waals surface area contributed by atoms with E-state index in [1.807, 2.05) is 18.4 Å². The van der Waals surface area contributed by atoms with Crippen LogP contribution in [0.15, 0.2) is 35.7 Å². The van der Waals surface area contributed by atoms with Gasteiger partial charge >= 0.3 is 0 Å². The monoisotopic (exact) mass is 263 g/mol. The Bertz CT molecular complexity index is 533. The number of nitrogens with one attached hydrogen (secondary N) is 1. The summed E-state index contributed by atoms with van der Waals surface area (Å²) >= 11 is 1.44. The molecule has 1 heterocycles. The summed E-state index contributed by atoms with van der Waals surface area (Å²) in [6, 6.07) is 8.26. The number of rotatable bonds is 4. The van der Waals surface area contributed by atoms with E-state index in [2.05, 4.69) is 5.32 Å². The van der Waals surface area contributed by atoms with Crippen LogP contribution >= 0.6 is 11.3 Å². The third-order valence-electron chi connectivity index (χ3n) is 2.68. The van der Waals surface area contributed by atoms with Gasteiger partial charge in [0.15, 0.2) is 0 Å². The summed E-state index contributed by atoms with van der Waals surface area (Å²) in [5, 5.41) is 4.77. The molecular formula is C14H14FNOS. The van der Waals surface area contributed by atoms with Crippen LogP contribution in [0.5, 0.6) is 0 Å². The fourth-order valence-corrected chi connectivity index (χ4v) is 2.50. The van der Waals surface area contributed by atoms with Gasteiger partial charge in [-0.3, -0.25) is 4.79 Å². The van der Waals surface area contributed by atoms with Crippen molar-refractivity contribution in [3.05, 3.63) is 57.5 Å². The molecule has 0 saturated carbocycles. The zero-order valence-corrected chi connectivity index (χ0v) is 10.9. The Morgan fingerprint density at radius 1 is 1.28 bits per heavy atom. The number of amides is 1. The van der Waals surface area contributed by atoms with Crippen LogP contribution in [0.4, 0.5) is 4.39 Å². The minimum absolute atomic E-state index is 0.0374. The van der Waals surface area contributed by atoms with Gasteiger partial charge in [0.2, 0.25) is 0 Å². The van der Waals surface area contributed by atoms with Crippen molar-refractivity contribution in [1.82, 2.24) is 5.32 Å². The molecule has 0 bridgehead atoms. The highest BCUT2D eigenvalue weighted by atomic mass is 32.1. The minimum atomic E-state index is -0.239. The molecular weight excluding hydrogens is 249 g/mol. The molecule has 2 rings (SSSR count). The number of aryl methyl sites for hydroxylation is 1. The Kier molecular flexibility index (Phi) is 4.10. The molecule has 0 fully saturated rings. The highest BCUT2D eigenvalue weighted by molar-refractivity contribution is 7.12. The molecule has 1 aromatic heterocycles. The van der Waals surface area contributed by atoms with Crippen molar-refractivity contribution in [2.75, 3.05) is 6.54 Å². The lowest BCUT2D eigenvalue weighted by atomic mass is 10.1. The molecule has 0 saturated heterocycles. The van der Waals surface area contributed by atoms with Crippen molar-refractivity contribution in [1.29, 1.82) is 0 Å². The Hall–Kier alpha value is -1.68. The van der Waals surface area contributed by atoms with Crippen LogP contribution < -0.4 is 5.32 Å².